The van der Waals surface area contributed by atoms with E-state index in [1.165, 1.54) is 0 Å². The Labute approximate surface area is 116 Å². The second-order valence-electron chi connectivity index (χ2n) is 4.45. The monoisotopic (exact) mass is 335 g/mol. The molecule has 7 heteroatoms. The van der Waals surface area contributed by atoms with Gasteiger partial charge in [0.15, 0.2) is 0 Å². The van der Waals surface area contributed by atoms with Gasteiger partial charge in [-0.05, 0) is 12.1 Å². The number of rotatable bonds is 3. The number of hydrogen-bond acceptors (Lipinski definition) is 3. The number of ether oxygens (including phenoxy) is 1. The third kappa shape index (κ3) is 3.29. The normalized spacial score (nSPS) is 22.5. The molecule has 0 saturated carbocycles. The molecule has 1 unspecified atom stereocenters. The fourth-order valence-electron chi connectivity index (χ4n) is 1.83. The summed E-state index contributed by atoms with van der Waals surface area (Å²) in [5.74, 6) is -2.82. The van der Waals surface area contributed by atoms with Crippen LogP contribution in [0.3, 0.4) is 0 Å². The Hall–Kier alpha value is -1.05. The topological polar surface area (TPSA) is 58.6 Å². The van der Waals surface area contributed by atoms with Gasteiger partial charge >= 0.3 is 0 Å². The number of amides is 1. The number of carbonyl (C=O) groups is 1. The van der Waals surface area contributed by atoms with E-state index in [-0.39, 0.29) is 17.6 Å². The van der Waals surface area contributed by atoms with E-state index in [1.807, 2.05) is 0 Å². The molecule has 0 aliphatic carbocycles. The van der Waals surface area contributed by atoms with Crippen molar-refractivity contribution >= 4 is 21.8 Å². The lowest BCUT2D eigenvalue weighted by molar-refractivity contribution is 0.0263. The minimum Gasteiger partial charge on any atom is -0.386 e. The first kappa shape index (κ1) is 14.4. The summed E-state index contributed by atoms with van der Waals surface area (Å²) in [6.45, 7) is 0.382. The SMILES string of the molecule is O=C(NCC1(O)CCOC1)c1c(F)cc(Br)cc1F. The summed E-state index contributed by atoms with van der Waals surface area (Å²) in [6.07, 6.45) is 0.374. The van der Waals surface area contributed by atoms with Crippen LogP contribution in [0.4, 0.5) is 8.78 Å². The summed E-state index contributed by atoms with van der Waals surface area (Å²) in [7, 11) is 0. The van der Waals surface area contributed by atoms with E-state index in [1.54, 1.807) is 0 Å². The van der Waals surface area contributed by atoms with Crippen molar-refractivity contribution in [1.29, 1.82) is 0 Å². The maximum Gasteiger partial charge on any atom is 0.257 e. The van der Waals surface area contributed by atoms with Crippen LogP contribution < -0.4 is 5.32 Å². The largest absolute Gasteiger partial charge is 0.386 e. The quantitative estimate of drug-likeness (QED) is 0.882. The summed E-state index contributed by atoms with van der Waals surface area (Å²) in [5, 5.41) is 12.3. The Morgan fingerprint density at radius 2 is 2.11 bits per heavy atom. The maximum absolute atomic E-state index is 13.5. The van der Waals surface area contributed by atoms with Gasteiger partial charge in [0.2, 0.25) is 0 Å². The van der Waals surface area contributed by atoms with Crippen molar-refractivity contribution in [3.63, 3.8) is 0 Å². The zero-order valence-electron chi connectivity index (χ0n) is 9.88. The minimum atomic E-state index is -1.17. The highest BCUT2D eigenvalue weighted by Crippen LogP contribution is 2.20. The molecule has 19 heavy (non-hydrogen) atoms. The van der Waals surface area contributed by atoms with Gasteiger partial charge in [0, 0.05) is 24.0 Å². The van der Waals surface area contributed by atoms with Crippen molar-refractivity contribution in [3.05, 3.63) is 33.8 Å². The molecule has 2 N–H and O–H groups in total. The zero-order chi connectivity index (χ0) is 14.0. The lowest BCUT2D eigenvalue weighted by Gasteiger charge is -2.20. The van der Waals surface area contributed by atoms with Gasteiger partial charge in [-0.15, -0.1) is 0 Å². The molecule has 1 atom stereocenters. The smallest absolute Gasteiger partial charge is 0.257 e. The van der Waals surface area contributed by atoms with Gasteiger partial charge in [-0.3, -0.25) is 4.79 Å². The van der Waals surface area contributed by atoms with Crippen LogP contribution in [0, 0.1) is 11.6 Å². The molecule has 1 amide bonds. The van der Waals surface area contributed by atoms with Crippen LogP contribution in [0.25, 0.3) is 0 Å². The number of nitrogens with one attached hydrogen (secondary N) is 1. The van der Waals surface area contributed by atoms with Crippen molar-refractivity contribution in [2.24, 2.45) is 0 Å². The van der Waals surface area contributed by atoms with Crippen molar-refractivity contribution in [1.82, 2.24) is 5.32 Å². The van der Waals surface area contributed by atoms with Gasteiger partial charge in [0.25, 0.3) is 5.91 Å². The van der Waals surface area contributed by atoms with E-state index in [9.17, 15) is 18.7 Å². The summed E-state index contributed by atoms with van der Waals surface area (Å²) in [6, 6.07) is 2.01. The van der Waals surface area contributed by atoms with Gasteiger partial charge in [0.05, 0.1) is 6.61 Å². The molecule has 0 spiro atoms. The Morgan fingerprint density at radius 3 is 2.63 bits per heavy atom. The van der Waals surface area contributed by atoms with Crippen LogP contribution in [-0.4, -0.2) is 36.4 Å². The molecule has 104 valence electrons. The lowest BCUT2D eigenvalue weighted by Crippen LogP contribution is -2.43. The van der Waals surface area contributed by atoms with E-state index in [0.29, 0.717) is 13.0 Å². The standard InChI is InChI=1S/C12H12BrF2NO3/c13-7-3-8(14)10(9(15)4-7)11(17)16-5-12(18)1-2-19-6-12/h3-4,18H,1-2,5-6H2,(H,16,17). The third-order valence-corrected chi connectivity index (χ3v) is 3.35. The maximum atomic E-state index is 13.5. The van der Waals surface area contributed by atoms with E-state index >= 15 is 0 Å². The zero-order valence-corrected chi connectivity index (χ0v) is 11.5. The molecule has 1 aromatic rings. The molecule has 1 aliphatic heterocycles. The molecular weight excluding hydrogens is 324 g/mol. The lowest BCUT2D eigenvalue weighted by atomic mass is 10.0. The molecule has 0 radical (unpaired) electrons. The van der Waals surface area contributed by atoms with Gasteiger partial charge in [0.1, 0.15) is 22.8 Å². The van der Waals surface area contributed by atoms with Crippen molar-refractivity contribution in [3.8, 4) is 0 Å². The van der Waals surface area contributed by atoms with E-state index in [4.69, 9.17) is 4.74 Å². The molecule has 1 fully saturated rings. The molecule has 2 rings (SSSR count). The fraction of sp³-hybridized carbons (Fsp3) is 0.417. The summed E-state index contributed by atoms with van der Waals surface area (Å²) in [4.78, 5) is 11.7. The van der Waals surface area contributed by atoms with Gasteiger partial charge in [-0.2, -0.15) is 0 Å². The number of carbonyl (C=O) groups excluding carboxylic acids is 1. The van der Waals surface area contributed by atoms with Crippen LogP contribution in [0.1, 0.15) is 16.8 Å². The van der Waals surface area contributed by atoms with Crippen LogP contribution in [0.5, 0.6) is 0 Å². The molecule has 1 aromatic carbocycles. The summed E-state index contributed by atoms with van der Waals surface area (Å²) < 4.78 is 32.3. The molecular formula is C12H12BrF2NO3. The van der Waals surface area contributed by atoms with Gasteiger partial charge < -0.3 is 15.2 Å². The number of halogens is 3. The molecule has 4 nitrogen and oxygen atoms in total. The van der Waals surface area contributed by atoms with Crippen molar-refractivity contribution < 1.29 is 23.4 Å². The summed E-state index contributed by atoms with van der Waals surface area (Å²) in [5.41, 5.74) is -1.83. The van der Waals surface area contributed by atoms with Crippen LogP contribution in [0.15, 0.2) is 16.6 Å². The van der Waals surface area contributed by atoms with Crippen molar-refractivity contribution in [2.45, 2.75) is 12.0 Å². The molecule has 1 heterocycles. The van der Waals surface area contributed by atoms with Gasteiger partial charge in [-0.1, -0.05) is 15.9 Å². The Balaban J connectivity index is 2.08. The number of benzene rings is 1. The van der Waals surface area contributed by atoms with Gasteiger partial charge in [-0.25, -0.2) is 8.78 Å². The first-order valence-corrected chi connectivity index (χ1v) is 6.43. The fourth-order valence-corrected chi connectivity index (χ4v) is 2.23. The molecule has 0 aromatic heterocycles. The summed E-state index contributed by atoms with van der Waals surface area (Å²) >= 11 is 2.93. The number of hydrogen-bond donors (Lipinski definition) is 2. The third-order valence-electron chi connectivity index (χ3n) is 2.89. The average molecular weight is 336 g/mol. The second-order valence-corrected chi connectivity index (χ2v) is 5.37. The predicted molar refractivity (Wildman–Crippen MR) is 66.8 cm³/mol. The first-order valence-electron chi connectivity index (χ1n) is 5.64. The number of aliphatic hydroxyl groups is 1. The molecule has 1 aliphatic rings. The van der Waals surface area contributed by atoms with E-state index < -0.39 is 28.7 Å². The minimum absolute atomic E-state index is 0.0958. The highest BCUT2D eigenvalue weighted by atomic mass is 79.9. The Bertz CT molecular complexity index is 481. The van der Waals surface area contributed by atoms with E-state index in [0.717, 1.165) is 12.1 Å². The Kier molecular flexibility index (Phi) is 4.17. The van der Waals surface area contributed by atoms with Crippen molar-refractivity contribution in [2.75, 3.05) is 19.8 Å². The average Bonchev–Trinajstić information content (AvgIpc) is 2.73. The Morgan fingerprint density at radius 1 is 1.47 bits per heavy atom. The molecule has 1 saturated heterocycles. The highest BCUT2D eigenvalue weighted by molar-refractivity contribution is 9.10. The van der Waals surface area contributed by atoms with Crippen LogP contribution in [-0.2, 0) is 4.74 Å². The first-order chi connectivity index (χ1) is 8.91. The highest BCUT2D eigenvalue weighted by Gasteiger charge is 2.33. The van der Waals surface area contributed by atoms with E-state index in [2.05, 4.69) is 21.2 Å². The van der Waals surface area contributed by atoms with Crippen LogP contribution >= 0.6 is 15.9 Å². The second kappa shape index (κ2) is 5.52. The predicted octanol–water partition coefficient (Wildman–Crippen LogP) is 1.61. The van der Waals surface area contributed by atoms with Crippen LogP contribution in [0.2, 0.25) is 0 Å². The molecule has 0 bridgehead atoms.